The number of aromatic nitrogens is 1. The van der Waals surface area contributed by atoms with Gasteiger partial charge in [0.15, 0.2) is 11.5 Å². The maximum absolute atomic E-state index is 12.2. The third kappa shape index (κ3) is 2.94. The number of hydrogen-bond donors (Lipinski definition) is 1. The summed E-state index contributed by atoms with van der Waals surface area (Å²) >= 11 is 0. The molecule has 0 saturated carbocycles. The van der Waals surface area contributed by atoms with Crippen molar-refractivity contribution in [2.45, 2.75) is 6.10 Å². The molecule has 1 N–H and O–H groups in total. The number of carbonyl (C=O) groups excluding carboxylic acids is 1. The molecule has 0 bridgehead atoms. The Bertz CT molecular complexity index is 961. The fourth-order valence-electron chi connectivity index (χ4n) is 2.86. The van der Waals surface area contributed by atoms with Crippen LogP contribution in [-0.4, -0.2) is 29.4 Å². The summed E-state index contributed by atoms with van der Waals surface area (Å²) in [7, 11) is 1.98. The van der Waals surface area contributed by atoms with Crippen molar-refractivity contribution in [3.05, 3.63) is 60.3 Å². The van der Waals surface area contributed by atoms with Crippen LogP contribution in [0.4, 0.5) is 0 Å². The van der Waals surface area contributed by atoms with Crippen LogP contribution in [0.3, 0.4) is 0 Å². The van der Waals surface area contributed by atoms with Gasteiger partial charge in [0.25, 0.3) is 5.91 Å². The fourth-order valence-corrected chi connectivity index (χ4v) is 2.86. The average molecular weight is 335 g/mol. The van der Waals surface area contributed by atoms with Crippen LogP contribution in [0.25, 0.3) is 10.9 Å². The minimum absolute atomic E-state index is 0.159. The molecule has 0 fully saturated rings. The molecule has 1 atom stereocenters. The Hall–Kier alpha value is -3.28. The molecule has 0 unspecified atom stereocenters. The van der Waals surface area contributed by atoms with E-state index in [0.717, 1.165) is 16.5 Å². The molecule has 0 aliphatic carbocycles. The molecular formula is C19H17N3O3. The number of nitrogens with one attached hydrogen (secondary N) is 1. The highest BCUT2D eigenvalue weighted by molar-refractivity contribution is 5.99. The second kappa shape index (κ2) is 6.32. The van der Waals surface area contributed by atoms with Crippen molar-refractivity contribution >= 4 is 23.0 Å². The fraction of sp³-hybridized carbons (Fsp3) is 0.158. The summed E-state index contributed by atoms with van der Waals surface area (Å²) < 4.78 is 13.2. The number of aryl methyl sites for hydroxylation is 1. The van der Waals surface area contributed by atoms with Gasteiger partial charge in [0, 0.05) is 29.7 Å². The molecule has 25 heavy (non-hydrogen) atoms. The molecule has 1 aliphatic rings. The summed E-state index contributed by atoms with van der Waals surface area (Å²) in [5.74, 6) is 0.865. The van der Waals surface area contributed by atoms with Gasteiger partial charge in [-0.25, -0.2) is 5.43 Å². The van der Waals surface area contributed by atoms with E-state index in [2.05, 4.69) is 10.5 Å². The topological polar surface area (TPSA) is 64.9 Å². The van der Waals surface area contributed by atoms with Crippen LogP contribution < -0.4 is 14.9 Å². The molecule has 126 valence electrons. The maximum Gasteiger partial charge on any atom is 0.284 e. The highest BCUT2D eigenvalue weighted by Crippen LogP contribution is 2.30. The van der Waals surface area contributed by atoms with E-state index in [0.29, 0.717) is 11.5 Å². The SMILES string of the molecule is Cn1cc(/C=N\NC(=O)[C@H]2COc3ccccc3O2)c2ccccc21. The Labute approximate surface area is 144 Å². The first-order chi connectivity index (χ1) is 12.2. The number of rotatable bonds is 3. The summed E-state index contributed by atoms with van der Waals surface area (Å²) in [6, 6.07) is 15.3. The quantitative estimate of drug-likeness (QED) is 0.591. The third-order valence-electron chi connectivity index (χ3n) is 4.11. The van der Waals surface area contributed by atoms with E-state index in [1.54, 1.807) is 12.3 Å². The Balaban J connectivity index is 1.44. The highest BCUT2D eigenvalue weighted by atomic mass is 16.6. The molecule has 0 spiro atoms. The molecule has 4 rings (SSSR count). The van der Waals surface area contributed by atoms with Crippen molar-refractivity contribution in [2.24, 2.45) is 12.1 Å². The van der Waals surface area contributed by atoms with E-state index in [1.807, 2.05) is 60.3 Å². The summed E-state index contributed by atoms with van der Waals surface area (Å²) in [5, 5.41) is 5.14. The molecule has 6 nitrogen and oxygen atoms in total. The average Bonchev–Trinajstić information content (AvgIpc) is 2.97. The lowest BCUT2D eigenvalue weighted by atomic mass is 10.2. The van der Waals surface area contributed by atoms with Crippen molar-refractivity contribution in [3.63, 3.8) is 0 Å². The van der Waals surface area contributed by atoms with Gasteiger partial charge in [0.1, 0.15) is 6.61 Å². The van der Waals surface area contributed by atoms with Crippen molar-refractivity contribution in [1.29, 1.82) is 0 Å². The lowest BCUT2D eigenvalue weighted by molar-refractivity contribution is -0.130. The first kappa shape index (κ1) is 15.3. The van der Waals surface area contributed by atoms with Crippen molar-refractivity contribution in [1.82, 2.24) is 9.99 Å². The number of carbonyl (C=O) groups is 1. The molecule has 2 aromatic carbocycles. The number of fused-ring (bicyclic) bond motifs is 2. The van der Waals surface area contributed by atoms with Gasteiger partial charge in [0.05, 0.1) is 6.21 Å². The van der Waals surface area contributed by atoms with Gasteiger partial charge in [-0.15, -0.1) is 0 Å². The van der Waals surface area contributed by atoms with E-state index in [9.17, 15) is 4.79 Å². The van der Waals surface area contributed by atoms with Crippen LogP contribution in [0.2, 0.25) is 0 Å². The largest absolute Gasteiger partial charge is 0.485 e. The lowest BCUT2D eigenvalue weighted by Crippen LogP contribution is -2.42. The molecule has 1 aliphatic heterocycles. The Morgan fingerprint density at radius 1 is 1.20 bits per heavy atom. The van der Waals surface area contributed by atoms with Crippen molar-refractivity contribution in [3.8, 4) is 11.5 Å². The van der Waals surface area contributed by atoms with Gasteiger partial charge < -0.3 is 14.0 Å². The number of nitrogens with zero attached hydrogens (tertiary/aromatic N) is 2. The van der Waals surface area contributed by atoms with E-state index in [-0.39, 0.29) is 12.5 Å². The van der Waals surface area contributed by atoms with E-state index >= 15 is 0 Å². The van der Waals surface area contributed by atoms with Crippen LogP contribution in [0.15, 0.2) is 59.8 Å². The third-order valence-corrected chi connectivity index (χ3v) is 4.11. The van der Waals surface area contributed by atoms with Crippen molar-refractivity contribution in [2.75, 3.05) is 6.61 Å². The zero-order valence-electron chi connectivity index (χ0n) is 13.7. The molecule has 1 amide bonds. The molecule has 1 aromatic heterocycles. The number of hydrogen-bond acceptors (Lipinski definition) is 4. The predicted molar refractivity (Wildman–Crippen MR) is 95.0 cm³/mol. The van der Waals surface area contributed by atoms with Crippen LogP contribution in [0, 0.1) is 0 Å². The first-order valence-corrected chi connectivity index (χ1v) is 7.98. The van der Waals surface area contributed by atoms with Crippen molar-refractivity contribution < 1.29 is 14.3 Å². The van der Waals surface area contributed by atoms with Gasteiger partial charge >= 0.3 is 0 Å². The zero-order chi connectivity index (χ0) is 17.2. The van der Waals surface area contributed by atoms with E-state index in [4.69, 9.17) is 9.47 Å². The first-order valence-electron chi connectivity index (χ1n) is 7.98. The number of hydrazone groups is 1. The van der Waals surface area contributed by atoms with Crippen LogP contribution >= 0.6 is 0 Å². The number of benzene rings is 2. The summed E-state index contributed by atoms with van der Waals surface area (Å²) in [5.41, 5.74) is 4.56. The summed E-state index contributed by atoms with van der Waals surface area (Å²) in [4.78, 5) is 12.2. The van der Waals surface area contributed by atoms with Crippen LogP contribution in [0.5, 0.6) is 11.5 Å². The number of para-hydroxylation sites is 3. The smallest absolute Gasteiger partial charge is 0.284 e. The van der Waals surface area contributed by atoms with E-state index < -0.39 is 6.10 Å². The van der Waals surface area contributed by atoms with Gasteiger partial charge in [-0.2, -0.15) is 5.10 Å². The molecule has 6 heteroatoms. The van der Waals surface area contributed by atoms with Crippen LogP contribution in [0.1, 0.15) is 5.56 Å². The molecule has 3 aromatic rings. The Morgan fingerprint density at radius 3 is 2.84 bits per heavy atom. The minimum atomic E-state index is -0.723. The number of ether oxygens (including phenoxy) is 2. The standard InChI is InChI=1S/C19H17N3O3/c1-22-11-13(14-6-2-3-7-15(14)22)10-20-21-19(23)18-12-24-16-8-4-5-9-17(16)25-18/h2-11,18H,12H2,1H3,(H,21,23)/b20-10-/t18-/m1/s1. The van der Waals surface area contributed by atoms with Gasteiger partial charge in [0.2, 0.25) is 6.10 Å². The predicted octanol–water partition coefficient (Wildman–Crippen LogP) is 2.47. The lowest BCUT2D eigenvalue weighted by Gasteiger charge is -2.24. The van der Waals surface area contributed by atoms with Gasteiger partial charge in [-0.1, -0.05) is 30.3 Å². The maximum atomic E-state index is 12.2. The second-order valence-electron chi connectivity index (χ2n) is 5.81. The van der Waals surface area contributed by atoms with Gasteiger partial charge in [-0.05, 0) is 18.2 Å². The van der Waals surface area contributed by atoms with Crippen LogP contribution in [-0.2, 0) is 11.8 Å². The summed E-state index contributed by atoms with van der Waals surface area (Å²) in [6.45, 7) is 0.159. The monoisotopic (exact) mass is 335 g/mol. The molecular weight excluding hydrogens is 318 g/mol. The highest BCUT2D eigenvalue weighted by Gasteiger charge is 2.26. The van der Waals surface area contributed by atoms with Gasteiger partial charge in [-0.3, -0.25) is 4.79 Å². The summed E-state index contributed by atoms with van der Waals surface area (Å²) in [6.07, 6.45) is 2.88. The Kier molecular flexibility index (Phi) is 3.85. The number of amides is 1. The molecule has 0 saturated heterocycles. The van der Waals surface area contributed by atoms with E-state index in [1.165, 1.54) is 0 Å². The second-order valence-corrected chi connectivity index (χ2v) is 5.81. The molecule has 2 heterocycles. The Morgan fingerprint density at radius 2 is 1.96 bits per heavy atom. The normalized spacial score (nSPS) is 16.3. The zero-order valence-corrected chi connectivity index (χ0v) is 13.7. The minimum Gasteiger partial charge on any atom is -0.485 e. The molecule has 0 radical (unpaired) electrons.